The Kier molecular flexibility index (Phi) is 2.58. The van der Waals surface area contributed by atoms with Gasteiger partial charge in [-0.15, -0.1) is 11.3 Å². The minimum absolute atomic E-state index is 0.562. The van der Waals surface area contributed by atoms with Crippen molar-refractivity contribution in [3.05, 3.63) is 42.7 Å². The lowest BCUT2D eigenvalue weighted by Crippen LogP contribution is -2.12. The second kappa shape index (κ2) is 4.61. The van der Waals surface area contributed by atoms with E-state index in [2.05, 4.69) is 27.1 Å². The van der Waals surface area contributed by atoms with Gasteiger partial charge in [0, 0.05) is 56.6 Å². The molecule has 1 saturated carbocycles. The maximum absolute atomic E-state index is 4.72. The molecular formula is C17H14N4S. The van der Waals surface area contributed by atoms with Crippen molar-refractivity contribution in [3.63, 3.8) is 0 Å². The van der Waals surface area contributed by atoms with Crippen molar-refractivity contribution in [1.82, 2.24) is 19.9 Å². The fraction of sp³-hybridized carbons (Fsp3) is 0.235. The number of thiophene rings is 1. The number of hydrogen-bond donors (Lipinski definition) is 1. The Labute approximate surface area is 131 Å². The first-order valence-corrected chi connectivity index (χ1v) is 8.38. The molecule has 5 rings (SSSR count). The van der Waals surface area contributed by atoms with Crippen molar-refractivity contribution in [2.24, 2.45) is 0 Å². The molecule has 22 heavy (non-hydrogen) atoms. The van der Waals surface area contributed by atoms with E-state index in [1.807, 2.05) is 24.8 Å². The van der Waals surface area contributed by atoms with Crippen LogP contribution in [0.3, 0.4) is 0 Å². The summed E-state index contributed by atoms with van der Waals surface area (Å²) in [5.74, 6) is 1.55. The number of aromatic amines is 1. The molecule has 0 spiro atoms. The van der Waals surface area contributed by atoms with Crippen molar-refractivity contribution in [2.45, 2.75) is 25.2 Å². The van der Waals surface area contributed by atoms with Crippen LogP contribution in [0.25, 0.3) is 31.6 Å². The van der Waals surface area contributed by atoms with Gasteiger partial charge in [-0.05, 0) is 25.0 Å². The summed E-state index contributed by atoms with van der Waals surface area (Å²) in [4.78, 5) is 18.1. The molecule has 4 aromatic rings. The SMILES string of the molecule is c1cc2sc(-c3c[nH]c4nc(C5CCC5)ncc34)cc2cn1. The van der Waals surface area contributed by atoms with Crippen LogP contribution in [0, 0.1) is 0 Å². The van der Waals surface area contributed by atoms with Gasteiger partial charge in [-0.3, -0.25) is 4.98 Å². The average molecular weight is 306 g/mol. The molecule has 0 radical (unpaired) electrons. The van der Waals surface area contributed by atoms with Gasteiger partial charge < -0.3 is 4.98 Å². The third kappa shape index (κ3) is 1.78. The van der Waals surface area contributed by atoms with E-state index in [-0.39, 0.29) is 0 Å². The van der Waals surface area contributed by atoms with E-state index in [0.29, 0.717) is 5.92 Å². The Balaban J connectivity index is 1.64. The van der Waals surface area contributed by atoms with Gasteiger partial charge in [0.05, 0.1) is 0 Å². The van der Waals surface area contributed by atoms with Crippen molar-refractivity contribution in [2.75, 3.05) is 0 Å². The van der Waals surface area contributed by atoms with Crippen LogP contribution in [0.4, 0.5) is 0 Å². The highest BCUT2D eigenvalue weighted by Crippen LogP contribution is 2.38. The van der Waals surface area contributed by atoms with E-state index in [1.54, 1.807) is 11.3 Å². The Hall–Kier alpha value is -2.27. The molecule has 108 valence electrons. The molecule has 0 aliphatic heterocycles. The standard InChI is InChI=1S/C17H14N4S/c1-2-10(3-1)16-19-9-13-12(8-20-17(13)21-16)15-6-11-7-18-5-4-14(11)22-15/h4-10H,1-3H2,(H,19,20,21). The van der Waals surface area contributed by atoms with Crippen molar-refractivity contribution in [3.8, 4) is 10.4 Å². The van der Waals surface area contributed by atoms with Crippen molar-refractivity contribution >= 4 is 32.5 Å². The predicted molar refractivity (Wildman–Crippen MR) is 89.1 cm³/mol. The van der Waals surface area contributed by atoms with Gasteiger partial charge >= 0.3 is 0 Å². The Morgan fingerprint density at radius 1 is 1.23 bits per heavy atom. The van der Waals surface area contributed by atoms with Gasteiger partial charge in [-0.1, -0.05) is 6.42 Å². The lowest BCUT2D eigenvalue weighted by molar-refractivity contribution is 0.402. The number of nitrogens with zero attached hydrogens (tertiary/aromatic N) is 3. The summed E-state index contributed by atoms with van der Waals surface area (Å²) >= 11 is 1.78. The summed E-state index contributed by atoms with van der Waals surface area (Å²) < 4.78 is 1.26. The van der Waals surface area contributed by atoms with Gasteiger partial charge in [0.25, 0.3) is 0 Å². The highest BCUT2D eigenvalue weighted by molar-refractivity contribution is 7.22. The van der Waals surface area contributed by atoms with Crippen molar-refractivity contribution < 1.29 is 0 Å². The summed E-state index contributed by atoms with van der Waals surface area (Å²) in [5, 5.41) is 2.28. The van der Waals surface area contributed by atoms with E-state index in [9.17, 15) is 0 Å². The van der Waals surface area contributed by atoms with Gasteiger partial charge in [0.1, 0.15) is 11.5 Å². The maximum Gasteiger partial charge on any atom is 0.141 e. The number of hydrogen-bond acceptors (Lipinski definition) is 4. The fourth-order valence-electron chi connectivity index (χ4n) is 3.01. The molecule has 4 heterocycles. The zero-order valence-corrected chi connectivity index (χ0v) is 12.7. The molecule has 0 saturated heterocycles. The third-order valence-electron chi connectivity index (χ3n) is 4.50. The fourth-order valence-corrected chi connectivity index (χ4v) is 4.07. The monoisotopic (exact) mass is 306 g/mol. The van der Waals surface area contributed by atoms with Gasteiger partial charge in [-0.2, -0.15) is 0 Å². The quantitative estimate of drug-likeness (QED) is 0.593. The van der Waals surface area contributed by atoms with Crippen LogP contribution >= 0.6 is 11.3 Å². The molecule has 0 unspecified atom stereocenters. The molecule has 5 heteroatoms. The second-order valence-corrected chi connectivity index (χ2v) is 6.93. The molecule has 1 aliphatic carbocycles. The van der Waals surface area contributed by atoms with Gasteiger partial charge in [0.2, 0.25) is 0 Å². The summed E-state index contributed by atoms with van der Waals surface area (Å²) in [6.07, 6.45) is 11.5. The molecule has 4 aromatic heterocycles. The molecule has 1 fully saturated rings. The zero-order chi connectivity index (χ0) is 14.5. The highest BCUT2D eigenvalue weighted by atomic mass is 32.1. The number of fused-ring (bicyclic) bond motifs is 2. The minimum Gasteiger partial charge on any atom is -0.345 e. The number of nitrogens with one attached hydrogen (secondary N) is 1. The van der Waals surface area contributed by atoms with E-state index in [1.165, 1.54) is 39.8 Å². The van der Waals surface area contributed by atoms with Crippen LogP contribution in [0.5, 0.6) is 0 Å². The smallest absolute Gasteiger partial charge is 0.141 e. The molecule has 1 aliphatic rings. The number of rotatable bonds is 2. The molecule has 0 amide bonds. The lowest BCUT2D eigenvalue weighted by atomic mass is 9.85. The average Bonchev–Trinajstić information content (AvgIpc) is 3.08. The summed E-state index contributed by atoms with van der Waals surface area (Å²) in [7, 11) is 0. The number of pyridine rings is 1. The van der Waals surface area contributed by atoms with E-state index >= 15 is 0 Å². The largest absolute Gasteiger partial charge is 0.345 e. The first-order chi connectivity index (χ1) is 10.9. The maximum atomic E-state index is 4.72. The Morgan fingerprint density at radius 3 is 3.00 bits per heavy atom. The van der Waals surface area contributed by atoms with Gasteiger partial charge in [-0.25, -0.2) is 9.97 Å². The lowest BCUT2D eigenvalue weighted by Gasteiger charge is -2.23. The highest BCUT2D eigenvalue weighted by Gasteiger charge is 2.23. The van der Waals surface area contributed by atoms with Gasteiger partial charge in [0.15, 0.2) is 0 Å². The first kappa shape index (κ1) is 12.3. The molecule has 0 aromatic carbocycles. The normalized spacial score (nSPS) is 15.5. The number of aromatic nitrogens is 4. The molecule has 0 bridgehead atoms. The van der Waals surface area contributed by atoms with E-state index in [4.69, 9.17) is 4.98 Å². The number of H-pyrrole nitrogens is 1. The van der Waals surface area contributed by atoms with Crippen LogP contribution in [0.1, 0.15) is 31.0 Å². The molecule has 4 nitrogen and oxygen atoms in total. The zero-order valence-electron chi connectivity index (χ0n) is 11.9. The summed E-state index contributed by atoms with van der Waals surface area (Å²) in [6, 6.07) is 4.25. The van der Waals surface area contributed by atoms with E-state index < -0.39 is 0 Å². The second-order valence-electron chi connectivity index (χ2n) is 5.84. The summed E-state index contributed by atoms with van der Waals surface area (Å²) in [5.41, 5.74) is 2.12. The molecular weight excluding hydrogens is 292 g/mol. The van der Waals surface area contributed by atoms with E-state index in [0.717, 1.165) is 16.9 Å². The van der Waals surface area contributed by atoms with Crippen molar-refractivity contribution in [1.29, 1.82) is 0 Å². The topological polar surface area (TPSA) is 54.5 Å². The predicted octanol–water partition coefficient (Wildman–Crippen LogP) is 4.50. The molecule has 0 atom stereocenters. The summed E-state index contributed by atoms with van der Waals surface area (Å²) in [6.45, 7) is 0. The Bertz CT molecular complexity index is 948. The van der Waals surface area contributed by atoms with Crippen LogP contribution in [0.15, 0.2) is 36.9 Å². The van der Waals surface area contributed by atoms with Crippen LogP contribution in [-0.4, -0.2) is 19.9 Å². The van der Waals surface area contributed by atoms with Crippen LogP contribution < -0.4 is 0 Å². The first-order valence-electron chi connectivity index (χ1n) is 7.56. The Morgan fingerprint density at radius 2 is 2.18 bits per heavy atom. The van der Waals surface area contributed by atoms with Crippen LogP contribution in [-0.2, 0) is 0 Å². The minimum atomic E-state index is 0.562. The third-order valence-corrected chi connectivity index (χ3v) is 5.65. The molecule has 1 N–H and O–H groups in total. The van der Waals surface area contributed by atoms with Crippen LogP contribution in [0.2, 0.25) is 0 Å².